The van der Waals surface area contributed by atoms with Crippen LogP contribution in [-0.4, -0.2) is 325 Å². The topological polar surface area (TPSA) is 950 Å². The van der Waals surface area contributed by atoms with Crippen molar-refractivity contribution in [3.63, 3.8) is 0 Å². The lowest BCUT2D eigenvalue weighted by molar-refractivity contribution is -0.142. The molecule has 2 heterocycles. The van der Waals surface area contributed by atoms with Crippen LogP contribution in [0.15, 0.2) is 54.6 Å². The van der Waals surface area contributed by atoms with Crippen LogP contribution in [0.2, 0.25) is 0 Å². The van der Waals surface area contributed by atoms with E-state index in [9.17, 15) is 43.8 Å². The Morgan fingerprint density at radius 1 is 0.385 bits per heavy atom. The first kappa shape index (κ1) is 126. The van der Waals surface area contributed by atoms with Crippen molar-refractivity contribution in [2.45, 2.75) is 228 Å². The zero-order valence-corrected chi connectivity index (χ0v) is 86.6. The fourth-order valence-corrected chi connectivity index (χ4v) is 18.9. The highest BCUT2D eigenvalue weighted by atomic mass is 33.1. The van der Waals surface area contributed by atoms with Crippen molar-refractivity contribution in [1.82, 2.24) is 122 Å². The Morgan fingerprint density at radius 2 is 0.777 bits per heavy atom. The molecule has 0 saturated carbocycles. The summed E-state index contributed by atoms with van der Waals surface area (Å²) < 4.78 is 0. The molecule has 0 radical (unpaired) electrons. The number of hydrogen-bond acceptors (Lipinski definition) is 30. The number of benzene rings is 2. The molecule has 2 aliphatic rings. The highest BCUT2D eigenvalue weighted by molar-refractivity contribution is 8.77. The Kier molecular flexibility index (Phi) is 57.4. The number of nitrogens with two attached hydrogens (primary N) is 7. The van der Waals surface area contributed by atoms with Gasteiger partial charge in [-0.1, -0.05) is 127 Å². The van der Waals surface area contributed by atoms with Crippen LogP contribution in [0.25, 0.3) is 0 Å². The number of aromatic hydroxyl groups is 1. The van der Waals surface area contributed by atoms with Gasteiger partial charge in [0.2, 0.25) is 100 Å². The fourth-order valence-electron chi connectivity index (χ4n) is 14.3. The Hall–Kier alpha value is -14.3. The Labute approximate surface area is 871 Å². The maximum atomic E-state index is 15.8. The number of phenols is 1. The van der Waals surface area contributed by atoms with Crippen LogP contribution >= 0.6 is 43.2 Å². The molecule has 2 aromatic carbocycles. The van der Waals surface area contributed by atoms with Crippen molar-refractivity contribution < 1.29 is 96.5 Å². The number of rotatable bonds is 49. The number of phenolic OH excluding ortho intramolecular Hbond substituents is 1. The molecule has 0 aromatic heterocycles. The van der Waals surface area contributed by atoms with Crippen molar-refractivity contribution in [2.75, 3.05) is 81.9 Å². The third-order valence-corrected chi connectivity index (χ3v) is 27.0. The van der Waals surface area contributed by atoms with Gasteiger partial charge in [-0.05, 0) is 124 Å². The predicted octanol–water partition coefficient (Wildman–Crippen LogP) is -9.55. The summed E-state index contributed by atoms with van der Waals surface area (Å²) in [6, 6.07) is -11.1. The van der Waals surface area contributed by atoms with Crippen molar-refractivity contribution in [2.24, 2.45) is 57.9 Å². The molecule has 56 nitrogen and oxygen atoms in total. The van der Waals surface area contributed by atoms with Crippen molar-refractivity contribution in [3.05, 3.63) is 65.7 Å². The first-order valence-corrected chi connectivity index (χ1v) is 52.8. The summed E-state index contributed by atoms with van der Waals surface area (Å²) in [6.07, 6.45) is -1.61. The quantitative estimate of drug-likeness (QED) is 0.0127. The third-order valence-electron chi connectivity index (χ3n) is 22.1. The van der Waals surface area contributed by atoms with Crippen LogP contribution in [0.3, 0.4) is 0 Å². The van der Waals surface area contributed by atoms with Gasteiger partial charge in [0, 0.05) is 75.1 Å². The molecule has 15 atom stereocenters. The van der Waals surface area contributed by atoms with Crippen LogP contribution in [0.1, 0.15) is 136 Å². The Bertz CT molecular complexity index is 4870. The monoisotopic (exact) mass is 2160 g/mol. The number of amides is 17. The van der Waals surface area contributed by atoms with E-state index in [1.807, 2.05) is 0 Å². The lowest BCUT2D eigenvalue weighted by atomic mass is 10.0. The number of carboxylic acid groups (broad SMARTS) is 1. The van der Waals surface area contributed by atoms with Crippen LogP contribution in [0.4, 0.5) is 0 Å². The zero-order valence-electron chi connectivity index (χ0n) is 83.3. The lowest BCUT2D eigenvalue weighted by Gasteiger charge is -2.30. The number of aliphatic carboxylic acids is 1. The highest BCUT2D eigenvalue weighted by Gasteiger charge is 2.41. The molecule has 822 valence electrons. The molecule has 0 spiro atoms. The maximum Gasteiger partial charge on any atom is 0.326 e. The molecule has 0 aliphatic carbocycles. The van der Waals surface area contributed by atoms with E-state index in [-0.39, 0.29) is 146 Å². The number of carbonyl (C=O) groups is 18. The van der Waals surface area contributed by atoms with Crippen molar-refractivity contribution >= 4 is 185 Å². The number of nitrogens with one attached hydrogen (secondary N) is 29. The van der Waals surface area contributed by atoms with Gasteiger partial charge < -0.3 is 173 Å². The lowest BCUT2D eigenvalue weighted by Crippen LogP contribution is -2.62. The number of carbonyl (C=O) groups excluding carboxylic acids is 17. The third kappa shape index (κ3) is 50.7. The molecule has 4 rings (SSSR count). The molecule has 2 aliphatic heterocycles. The molecule has 45 N–H and O–H groups in total. The highest BCUT2D eigenvalue weighted by Crippen LogP contribution is 2.27. The van der Waals surface area contributed by atoms with Gasteiger partial charge in [-0.2, -0.15) is 0 Å². The summed E-state index contributed by atoms with van der Waals surface area (Å²) in [5.41, 5.74) is 39.8. The molecule has 2 fully saturated rings. The fraction of sp³-hybridized carbons (Fsp3) is 0.591. The molecular weight excluding hydrogens is 2010 g/mol. The SMILES string of the molecule is CC(C)C[C@H](NC(=O)[C@H](CCCNC(=N)N)NC(=O)CNC(=O)CNC(=O)[C@@H](N)CCCNC(=N)N)C(=O)N[C@H]1CSSC[C@@H](C(=O)N[C@H](C(=O)NCC(=O)N[C@@H](CCCNC(=N)N)C(=O)O)C(C)C)NC(=O)[C@H](C(C)C)NC(=O)[C@@H]2CSSC[C@H](NC(=O)[C@H](Cc3ccc(O)cc3)NC1=O)C(=O)N[C@@H](CCCNC(=N)N)C(=O)N[C@@H](CCCNC(=N)N)C(=O)N[C@@H](CCCNC(=N)N)C(=O)N[C@@H](Cc1ccccc1)C(=O)N2. The van der Waals surface area contributed by atoms with E-state index in [2.05, 4.69) is 122 Å². The molecule has 2 aromatic rings. The van der Waals surface area contributed by atoms with E-state index in [1.54, 1.807) is 44.2 Å². The first-order chi connectivity index (χ1) is 70.0. The van der Waals surface area contributed by atoms with Gasteiger partial charge in [0.25, 0.3) is 0 Å². The van der Waals surface area contributed by atoms with E-state index in [0.29, 0.717) is 12.0 Å². The maximum absolute atomic E-state index is 15.8. The molecule has 148 heavy (non-hydrogen) atoms. The predicted molar refractivity (Wildman–Crippen MR) is 557 cm³/mol. The van der Waals surface area contributed by atoms with Crippen LogP contribution in [0, 0.1) is 50.2 Å². The summed E-state index contributed by atoms with van der Waals surface area (Å²) in [7, 11) is 3.12. The summed E-state index contributed by atoms with van der Waals surface area (Å²) in [4.78, 5) is 264. The normalized spacial score (nSPS) is 20.1. The standard InChI is InChI=1S/C88H146N36O20S4/c1-44(2)34-56(116-69(130)51(19-11-29-103-84(92)93)111-64(127)38-108-63(126)37-109-68(129)50(89)18-10-28-102-83(90)91)73(134)119-60-41-146-148-43-62(79(140)123-66(45(3)4)80(141)110-39-65(128)112-55(82(143)144)23-15-33-107-88(100)101)122-81(142)67(46(5)6)124-78(139)61-42-147-145-40-59(120-75(136)58(118-77(60)138)36-48-24-26-49(125)27-25-48)76(137)115-53(21-13-31-105-86(96)97)71(132)113-52(20-12-30-104-85(94)95)70(131)114-54(22-14-32-106-87(98)99)72(133)117-57(74(135)121-61)35-47-16-8-7-9-17-47/h7-9,16-17,24-27,44-46,50-62,66-67,125H,10-15,18-23,28-43,89H2,1-6H3,(H,108,126)(H,109,129)(H,110,141)(H,111,127)(H,112,128)(H,113,132)(H,114,131)(H,115,137)(H,116,130)(H,117,133)(H,118,138)(H,119,134)(H,120,136)(H,121,135)(H,122,142)(H,123,140)(H,124,139)(H,143,144)(H4,90,91,102)(H4,92,93,103)(H4,94,95,104)(H4,96,97,105)(H4,98,99,106)(H4,100,101,107)/t50-,51-,52-,53-,54-,55-,56-,57-,58-,59-,60-,61-,62-,66-,67-/m0/s1. The van der Waals surface area contributed by atoms with E-state index in [1.165, 1.54) is 52.0 Å². The minimum absolute atomic E-state index is 0.00725. The second-order valence-electron chi connectivity index (χ2n) is 35.7. The van der Waals surface area contributed by atoms with Crippen molar-refractivity contribution in [1.29, 1.82) is 32.5 Å². The van der Waals surface area contributed by atoms with Gasteiger partial charge in [0.15, 0.2) is 35.8 Å². The van der Waals surface area contributed by atoms with Crippen LogP contribution in [-0.2, 0) is 99.1 Å². The van der Waals surface area contributed by atoms with Crippen LogP contribution in [0.5, 0.6) is 5.75 Å². The first-order valence-electron chi connectivity index (χ1n) is 47.8. The van der Waals surface area contributed by atoms with E-state index in [4.69, 9.17) is 72.6 Å². The van der Waals surface area contributed by atoms with Gasteiger partial charge in [0.1, 0.15) is 90.3 Å². The van der Waals surface area contributed by atoms with E-state index < -0.39 is 288 Å². The summed E-state index contributed by atoms with van der Waals surface area (Å²) >= 11 is 0. The van der Waals surface area contributed by atoms with Gasteiger partial charge in [0.05, 0.1) is 25.7 Å². The smallest absolute Gasteiger partial charge is 0.326 e. The summed E-state index contributed by atoms with van der Waals surface area (Å²) in [5, 5.41) is 126. The Balaban J connectivity index is 2.08. The molecule has 2 saturated heterocycles. The molecule has 2 bridgehead atoms. The van der Waals surface area contributed by atoms with Crippen LogP contribution < -0.4 is 162 Å². The number of fused-ring (bicyclic) bond motifs is 5. The van der Waals surface area contributed by atoms with Gasteiger partial charge in [-0.3, -0.25) is 114 Å². The second kappa shape index (κ2) is 67.5. The average Bonchev–Trinajstić information content (AvgIpc) is 0.839. The van der Waals surface area contributed by atoms with E-state index in [0.717, 1.165) is 43.2 Å². The second-order valence-corrected chi connectivity index (χ2v) is 40.8. The van der Waals surface area contributed by atoms with Crippen molar-refractivity contribution in [3.8, 4) is 5.75 Å². The van der Waals surface area contributed by atoms with Gasteiger partial charge in [-0.15, -0.1) is 0 Å². The molecule has 17 amide bonds. The largest absolute Gasteiger partial charge is 0.508 e. The van der Waals surface area contributed by atoms with Gasteiger partial charge in [-0.25, -0.2) is 4.79 Å². The zero-order chi connectivity index (χ0) is 110. The van der Waals surface area contributed by atoms with Gasteiger partial charge >= 0.3 is 5.97 Å². The Morgan fingerprint density at radius 3 is 1.24 bits per heavy atom. The number of carboxylic acids is 1. The molecule has 60 heteroatoms. The molecule has 0 unspecified atom stereocenters. The molecular formula is C88H146N36O20S4. The minimum Gasteiger partial charge on any atom is -0.508 e. The minimum atomic E-state index is -1.87. The summed E-state index contributed by atoms with van der Waals surface area (Å²) in [6.45, 7) is 7.24. The number of hydrogen-bond donors (Lipinski definition) is 38. The average molecular weight is 2160 g/mol. The summed E-state index contributed by atoms with van der Waals surface area (Å²) in [5.74, 6) is -26.0. The number of guanidine groups is 6. The van der Waals surface area contributed by atoms with E-state index >= 15 is 52.7 Å².